The van der Waals surface area contributed by atoms with Crippen LogP contribution in [0.15, 0.2) is 47.5 Å². The highest BCUT2D eigenvalue weighted by molar-refractivity contribution is 7.89. The number of rotatable bonds is 4. The van der Waals surface area contributed by atoms with Crippen LogP contribution in [0.1, 0.15) is 5.69 Å². The van der Waals surface area contributed by atoms with E-state index in [0.29, 0.717) is 5.69 Å². The number of aromatic nitrogens is 1. The summed E-state index contributed by atoms with van der Waals surface area (Å²) in [6.45, 7) is 0. The molecular weight excluding hydrogens is 297 g/mol. The van der Waals surface area contributed by atoms with E-state index in [4.69, 9.17) is 5.14 Å². The van der Waals surface area contributed by atoms with Crippen LogP contribution >= 0.6 is 0 Å². The van der Waals surface area contributed by atoms with Crippen molar-refractivity contribution in [3.05, 3.63) is 54.1 Å². The number of carbonyl (C=O) groups is 1. The number of carbonyl (C=O) groups excluding carboxylic acids is 1. The van der Waals surface area contributed by atoms with Crippen LogP contribution in [-0.2, 0) is 21.2 Å². The molecule has 0 radical (unpaired) electrons. The molecule has 0 fully saturated rings. The zero-order chi connectivity index (χ0) is 15.5. The summed E-state index contributed by atoms with van der Waals surface area (Å²) in [4.78, 5) is 15.4. The van der Waals surface area contributed by atoms with Crippen LogP contribution in [0, 0.1) is 5.82 Å². The SMILES string of the molecule is NS(=O)(=O)c1ccc(NC(=O)Cc2ccccn2)c(F)c1. The largest absolute Gasteiger partial charge is 0.323 e. The van der Waals surface area contributed by atoms with Crippen molar-refractivity contribution in [2.24, 2.45) is 5.14 Å². The Balaban J connectivity index is 2.11. The number of halogens is 1. The van der Waals surface area contributed by atoms with Crippen molar-refractivity contribution in [3.8, 4) is 0 Å². The quantitative estimate of drug-likeness (QED) is 0.881. The molecule has 1 aromatic heterocycles. The number of nitrogens with two attached hydrogens (primary N) is 1. The van der Waals surface area contributed by atoms with Gasteiger partial charge in [0.05, 0.1) is 17.0 Å². The van der Waals surface area contributed by atoms with Crippen LogP contribution in [0.2, 0.25) is 0 Å². The third-order valence-corrected chi connectivity index (χ3v) is 3.52. The molecule has 1 amide bonds. The number of primary sulfonamides is 1. The predicted molar refractivity (Wildman–Crippen MR) is 74.3 cm³/mol. The molecule has 2 aromatic rings. The van der Waals surface area contributed by atoms with Crippen molar-refractivity contribution >= 4 is 21.6 Å². The van der Waals surface area contributed by atoms with E-state index in [2.05, 4.69) is 10.3 Å². The van der Waals surface area contributed by atoms with E-state index < -0.39 is 21.7 Å². The second-order valence-electron chi connectivity index (χ2n) is 4.23. The minimum Gasteiger partial charge on any atom is -0.323 e. The van der Waals surface area contributed by atoms with Gasteiger partial charge in [-0.15, -0.1) is 0 Å². The molecule has 0 saturated heterocycles. The lowest BCUT2D eigenvalue weighted by Gasteiger charge is -2.07. The van der Waals surface area contributed by atoms with Crippen molar-refractivity contribution in [3.63, 3.8) is 0 Å². The summed E-state index contributed by atoms with van der Waals surface area (Å²) in [7, 11) is -3.98. The van der Waals surface area contributed by atoms with Crippen LogP contribution in [0.3, 0.4) is 0 Å². The Morgan fingerprint density at radius 2 is 2.05 bits per heavy atom. The zero-order valence-corrected chi connectivity index (χ0v) is 11.6. The third kappa shape index (κ3) is 4.07. The molecule has 6 nitrogen and oxygen atoms in total. The summed E-state index contributed by atoms with van der Waals surface area (Å²) >= 11 is 0. The average Bonchev–Trinajstić information content (AvgIpc) is 2.41. The van der Waals surface area contributed by atoms with E-state index in [1.54, 1.807) is 24.4 Å². The minimum absolute atomic E-state index is 0.0166. The van der Waals surface area contributed by atoms with Gasteiger partial charge in [0.1, 0.15) is 5.82 Å². The first-order chi connectivity index (χ1) is 9.86. The van der Waals surface area contributed by atoms with Crippen molar-refractivity contribution in [2.75, 3.05) is 5.32 Å². The molecule has 1 aromatic carbocycles. The Morgan fingerprint density at radius 1 is 1.29 bits per heavy atom. The molecule has 0 aliphatic heterocycles. The Hall–Kier alpha value is -2.32. The lowest BCUT2D eigenvalue weighted by Crippen LogP contribution is -2.17. The second-order valence-corrected chi connectivity index (χ2v) is 5.79. The predicted octanol–water partition coefficient (Wildman–Crippen LogP) is 1.05. The number of sulfonamides is 1. The number of anilines is 1. The third-order valence-electron chi connectivity index (χ3n) is 2.61. The van der Waals surface area contributed by atoms with E-state index >= 15 is 0 Å². The summed E-state index contributed by atoms with van der Waals surface area (Å²) in [5.41, 5.74) is 0.417. The molecular formula is C13H12FN3O3S. The average molecular weight is 309 g/mol. The molecule has 0 aliphatic rings. The van der Waals surface area contributed by atoms with Gasteiger partial charge in [-0.25, -0.2) is 17.9 Å². The van der Waals surface area contributed by atoms with Gasteiger partial charge in [-0.2, -0.15) is 0 Å². The highest BCUT2D eigenvalue weighted by Gasteiger charge is 2.13. The number of amides is 1. The Bertz CT molecular complexity index is 763. The fraction of sp³-hybridized carbons (Fsp3) is 0.0769. The highest BCUT2D eigenvalue weighted by Crippen LogP contribution is 2.18. The normalized spacial score (nSPS) is 11.1. The fourth-order valence-electron chi connectivity index (χ4n) is 1.64. The lowest BCUT2D eigenvalue weighted by molar-refractivity contribution is -0.115. The van der Waals surface area contributed by atoms with Crippen LogP contribution in [0.5, 0.6) is 0 Å². The molecule has 3 N–H and O–H groups in total. The molecule has 0 spiro atoms. The topological polar surface area (TPSA) is 102 Å². The van der Waals surface area contributed by atoms with Crippen LogP contribution in [0.25, 0.3) is 0 Å². The molecule has 1 heterocycles. The number of nitrogens with zero attached hydrogens (tertiary/aromatic N) is 1. The van der Waals surface area contributed by atoms with Crippen LogP contribution in [-0.4, -0.2) is 19.3 Å². The Labute approximate surface area is 120 Å². The van der Waals surface area contributed by atoms with Gasteiger partial charge in [0, 0.05) is 11.9 Å². The van der Waals surface area contributed by atoms with E-state index in [0.717, 1.165) is 18.2 Å². The summed E-state index contributed by atoms with van der Waals surface area (Å²) < 4.78 is 35.9. The zero-order valence-electron chi connectivity index (χ0n) is 10.8. The number of pyridine rings is 1. The molecule has 2 rings (SSSR count). The molecule has 110 valence electrons. The van der Waals surface area contributed by atoms with E-state index in [-0.39, 0.29) is 17.0 Å². The second kappa shape index (κ2) is 5.98. The Kier molecular flexibility index (Phi) is 4.29. The summed E-state index contributed by atoms with van der Waals surface area (Å²) in [6.07, 6.45) is 1.53. The molecule has 8 heteroatoms. The fourth-order valence-corrected chi connectivity index (χ4v) is 2.16. The monoisotopic (exact) mass is 309 g/mol. The maximum Gasteiger partial charge on any atom is 0.238 e. The van der Waals surface area contributed by atoms with Crippen molar-refractivity contribution in [1.29, 1.82) is 0 Å². The maximum atomic E-state index is 13.7. The van der Waals surface area contributed by atoms with Gasteiger partial charge in [0.2, 0.25) is 15.9 Å². The van der Waals surface area contributed by atoms with Crippen molar-refractivity contribution in [1.82, 2.24) is 4.98 Å². The van der Waals surface area contributed by atoms with E-state index in [1.807, 2.05) is 0 Å². The number of hydrogen-bond acceptors (Lipinski definition) is 4. The van der Waals surface area contributed by atoms with Crippen LogP contribution in [0.4, 0.5) is 10.1 Å². The molecule has 0 aliphatic carbocycles. The highest BCUT2D eigenvalue weighted by atomic mass is 32.2. The molecule has 0 bridgehead atoms. The van der Waals surface area contributed by atoms with Crippen molar-refractivity contribution in [2.45, 2.75) is 11.3 Å². The van der Waals surface area contributed by atoms with Gasteiger partial charge in [0.15, 0.2) is 0 Å². The van der Waals surface area contributed by atoms with Gasteiger partial charge in [-0.3, -0.25) is 9.78 Å². The van der Waals surface area contributed by atoms with Crippen LogP contribution < -0.4 is 10.5 Å². The first-order valence-electron chi connectivity index (χ1n) is 5.88. The summed E-state index contributed by atoms with van der Waals surface area (Å²) in [5, 5.41) is 7.24. The Morgan fingerprint density at radius 3 is 2.62 bits per heavy atom. The maximum absolute atomic E-state index is 13.7. The molecule has 0 atom stereocenters. The number of hydrogen-bond donors (Lipinski definition) is 2. The van der Waals surface area contributed by atoms with Crippen molar-refractivity contribution < 1.29 is 17.6 Å². The summed E-state index contributed by atoms with van der Waals surface area (Å²) in [6, 6.07) is 8.14. The lowest BCUT2D eigenvalue weighted by atomic mass is 10.2. The first kappa shape index (κ1) is 15.1. The van der Waals surface area contributed by atoms with Gasteiger partial charge in [-0.1, -0.05) is 6.07 Å². The van der Waals surface area contributed by atoms with E-state index in [9.17, 15) is 17.6 Å². The number of nitrogens with one attached hydrogen (secondary N) is 1. The molecule has 21 heavy (non-hydrogen) atoms. The van der Waals surface area contributed by atoms with Gasteiger partial charge in [-0.05, 0) is 30.3 Å². The first-order valence-corrected chi connectivity index (χ1v) is 7.43. The summed E-state index contributed by atoms with van der Waals surface area (Å²) in [5.74, 6) is -1.34. The standard InChI is InChI=1S/C13H12FN3O3S/c14-11-8-10(21(15,19)20)4-5-12(11)17-13(18)7-9-3-1-2-6-16-9/h1-6,8H,7H2,(H,17,18)(H2,15,19,20). The van der Waals surface area contributed by atoms with Gasteiger partial charge < -0.3 is 5.32 Å². The van der Waals surface area contributed by atoms with E-state index in [1.165, 1.54) is 0 Å². The smallest absolute Gasteiger partial charge is 0.238 e. The minimum atomic E-state index is -3.98. The number of benzene rings is 1. The molecule has 0 unspecified atom stereocenters. The van der Waals surface area contributed by atoms with Gasteiger partial charge in [0.25, 0.3) is 0 Å². The van der Waals surface area contributed by atoms with Gasteiger partial charge >= 0.3 is 0 Å². The molecule has 0 saturated carbocycles.